The van der Waals surface area contributed by atoms with Crippen molar-refractivity contribution in [2.45, 2.75) is 44.6 Å². The zero-order valence-electron chi connectivity index (χ0n) is 16.9. The van der Waals surface area contributed by atoms with Crippen molar-refractivity contribution in [3.05, 3.63) is 47.2 Å². The van der Waals surface area contributed by atoms with Crippen molar-refractivity contribution in [2.75, 3.05) is 35.2 Å². The highest BCUT2D eigenvalue weighted by Gasteiger charge is 2.30. The average molecular weight is 406 g/mol. The van der Waals surface area contributed by atoms with E-state index in [1.165, 1.54) is 17.5 Å². The van der Waals surface area contributed by atoms with Gasteiger partial charge in [-0.2, -0.15) is 0 Å². The second-order valence-electron chi connectivity index (χ2n) is 8.19. The van der Waals surface area contributed by atoms with Crippen LogP contribution in [-0.4, -0.2) is 42.6 Å². The van der Waals surface area contributed by atoms with Crippen molar-refractivity contribution in [1.82, 2.24) is 4.98 Å². The summed E-state index contributed by atoms with van der Waals surface area (Å²) in [4.78, 5) is 31.7. The van der Waals surface area contributed by atoms with Crippen LogP contribution < -0.4 is 15.5 Å². The molecule has 1 unspecified atom stereocenters. The van der Waals surface area contributed by atoms with Crippen LogP contribution in [0, 0.1) is 0 Å². The largest absolute Gasteiger partial charge is 0.376 e. The molecule has 2 aromatic rings. The number of aryl methyl sites for hydroxylation is 1. The molecular weight excluding hydrogens is 380 g/mol. The Kier molecular flexibility index (Phi) is 5.12. The van der Waals surface area contributed by atoms with Crippen molar-refractivity contribution < 1.29 is 14.3 Å². The van der Waals surface area contributed by atoms with E-state index >= 15 is 0 Å². The van der Waals surface area contributed by atoms with E-state index in [0.29, 0.717) is 23.6 Å². The summed E-state index contributed by atoms with van der Waals surface area (Å²) in [6, 6.07) is 7.86. The number of nitrogens with zero attached hydrogens (tertiary/aromatic N) is 2. The highest BCUT2D eigenvalue weighted by Crippen LogP contribution is 2.31. The minimum Gasteiger partial charge on any atom is -0.376 e. The molecule has 2 amide bonds. The third-order valence-corrected chi connectivity index (χ3v) is 6.18. The molecular formula is C23H26N4O3. The number of aromatic nitrogens is 1. The van der Waals surface area contributed by atoms with Crippen LogP contribution in [0.1, 0.15) is 47.2 Å². The third-order valence-electron chi connectivity index (χ3n) is 6.18. The van der Waals surface area contributed by atoms with Gasteiger partial charge in [0.2, 0.25) is 5.91 Å². The maximum atomic E-state index is 13.0. The first-order chi connectivity index (χ1) is 14.7. The van der Waals surface area contributed by atoms with E-state index in [1.54, 1.807) is 17.2 Å². The number of rotatable bonds is 4. The highest BCUT2D eigenvalue weighted by atomic mass is 16.5. The van der Waals surface area contributed by atoms with Gasteiger partial charge >= 0.3 is 0 Å². The quantitative estimate of drug-likeness (QED) is 0.815. The molecule has 7 heteroatoms. The van der Waals surface area contributed by atoms with Gasteiger partial charge in [0.25, 0.3) is 5.91 Å². The smallest absolute Gasteiger partial charge is 0.257 e. The number of anilines is 3. The summed E-state index contributed by atoms with van der Waals surface area (Å²) in [5.74, 6) is 0.384. The Morgan fingerprint density at radius 3 is 3.03 bits per heavy atom. The number of hydrogen-bond acceptors (Lipinski definition) is 5. The zero-order valence-corrected chi connectivity index (χ0v) is 16.9. The number of carbonyl (C=O) groups is 2. The molecule has 7 nitrogen and oxygen atoms in total. The second-order valence-corrected chi connectivity index (χ2v) is 8.19. The molecule has 0 saturated carbocycles. The summed E-state index contributed by atoms with van der Waals surface area (Å²) < 4.78 is 5.71. The summed E-state index contributed by atoms with van der Waals surface area (Å²) in [5, 5.41) is 6.11. The lowest BCUT2D eigenvalue weighted by molar-refractivity contribution is -0.117. The number of hydrogen-bond donors (Lipinski definition) is 2. The number of fused-ring (bicyclic) bond motifs is 2. The maximum absolute atomic E-state index is 13.0. The van der Waals surface area contributed by atoms with Gasteiger partial charge in [0.1, 0.15) is 5.82 Å². The molecule has 1 atom stereocenters. The SMILES string of the molecule is O=C(Nc1cccc2c1CCCC2)c1cnc2c(c1)N(CC1CCCO1)C(=O)CN2. The predicted octanol–water partition coefficient (Wildman–Crippen LogP) is 3.15. The van der Waals surface area contributed by atoms with Crippen molar-refractivity contribution >= 4 is 29.0 Å². The van der Waals surface area contributed by atoms with Gasteiger partial charge in [0.05, 0.1) is 30.4 Å². The summed E-state index contributed by atoms with van der Waals surface area (Å²) in [5.41, 5.74) is 4.51. The number of pyridine rings is 1. The Morgan fingerprint density at radius 1 is 1.27 bits per heavy atom. The van der Waals surface area contributed by atoms with Crippen LogP contribution >= 0.6 is 0 Å². The molecule has 1 saturated heterocycles. The number of benzene rings is 1. The van der Waals surface area contributed by atoms with E-state index in [-0.39, 0.29) is 24.5 Å². The monoisotopic (exact) mass is 406 g/mol. The van der Waals surface area contributed by atoms with Crippen molar-refractivity contribution in [3.63, 3.8) is 0 Å². The van der Waals surface area contributed by atoms with Crippen LogP contribution in [0.15, 0.2) is 30.5 Å². The summed E-state index contributed by atoms with van der Waals surface area (Å²) >= 11 is 0. The molecule has 2 N–H and O–H groups in total. The predicted molar refractivity (Wildman–Crippen MR) is 115 cm³/mol. The van der Waals surface area contributed by atoms with Crippen LogP contribution in [0.3, 0.4) is 0 Å². The minimum atomic E-state index is -0.209. The van der Waals surface area contributed by atoms with Crippen LogP contribution in [0.4, 0.5) is 17.2 Å². The number of amides is 2. The van der Waals surface area contributed by atoms with E-state index in [2.05, 4.69) is 21.7 Å². The molecule has 156 valence electrons. The lowest BCUT2D eigenvalue weighted by Crippen LogP contribution is -2.44. The number of ether oxygens (including phenoxy) is 1. The molecule has 1 aromatic carbocycles. The van der Waals surface area contributed by atoms with E-state index in [1.807, 2.05) is 12.1 Å². The molecule has 30 heavy (non-hydrogen) atoms. The van der Waals surface area contributed by atoms with Crippen molar-refractivity contribution in [3.8, 4) is 0 Å². The Hall–Kier alpha value is -2.93. The fourth-order valence-corrected chi connectivity index (χ4v) is 4.59. The van der Waals surface area contributed by atoms with Crippen LogP contribution in [-0.2, 0) is 22.4 Å². The van der Waals surface area contributed by atoms with Crippen molar-refractivity contribution in [2.24, 2.45) is 0 Å². The fraction of sp³-hybridized carbons (Fsp3) is 0.435. The zero-order chi connectivity index (χ0) is 20.5. The van der Waals surface area contributed by atoms with E-state index < -0.39 is 0 Å². The second kappa shape index (κ2) is 8.07. The maximum Gasteiger partial charge on any atom is 0.257 e. The Balaban J connectivity index is 1.40. The molecule has 1 aromatic heterocycles. The molecule has 0 radical (unpaired) electrons. The first-order valence-corrected chi connectivity index (χ1v) is 10.8. The summed E-state index contributed by atoms with van der Waals surface area (Å²) in [7, 11) is 0. The number of carbonyl (C=O) groups excluding carboxylic acids is 2. The molecule has 5 rings (SSSR count). The summed E-state index contributed by atoms with van der Waals surface area (Å²) in [6.07, 6.45) is 7.95. The van der Waals surface area contributed by atoms with Gasteiger partial charge in [-0.15, -0.1) is 0 Å². The van der Waals surface area contributed by atoms with E-state index in [4.69, 9.17) is 4.74 Å². The average Bonchev–Trinajstić information content (AvgIpc) is 3.29. The minimum absolute atomic E-state index is 0.0329. The van der Waals surface area contributed by atoms with Gasteiger partial charge in [-0.25, -0.2) is 4.98 Å². The summed E-state index contributed by atoms with van der Waals surface area (Å²) in [6.45, 7) is 1.43. The van der Waals surface area contributed by atoms with Gasteiger partial charge in [-0.05, 0) is 61.8 Å². The van der Waals surface area contributed by atoms with E-state index in [9.17, 15) is 9.59 Å². The molecule has 3 heterocycles. The Morgan fingerprint density at radius 2 is 2.17 bits per heavy atom. The highest BCUT2D eigenvalue weighted by molar-refractivity contribution is 6.08. The first-order valence-electron chi connectivity index (χ1n) is 10.8. The van der Waals surface area contributed by atoms with Crippen molar-refractivity contribution in [1.29, 1.82) is 0 Å². The Bertz CT molecular complexity index is 984. The molecule has 1 fully saturated rings. The Labute approximate surface area is 175 Å². The van der Waals surface area contributed by atoms with Gasteiger partial charge in [-0.1, -0.05) is 12.1 Å². The van der Waals surface area contributed by atoms with Crippen LogP contribution in [0.2, 0.25) is 0 Å². The standard InChI is InChI=1S/C23H26N4O3/c28-21-13-25-22-20(27(21)14-17-7-4-10-30-17)11-16(12-24-22)23(29)26-19-9-3-6-15-5-1-2-8-18(15)19/h3,6,9,11-12,17H,1-2,4-5,7-8,10,13-14H2,(H,24,25)(H,26,29). The first kappa shape index (κ1) is 19.1. The lowest BCUT2D eigenvalue weighted by Gasteiger charge is -2.31. The topological polar surface area (TPSA) is 83.6 Å². The molecule has 0 bridgehead atoms. The number of nitrogens with one attached hydrogen (secondary N) is 2. The molecule has 3 aliphatic rings. The third kappa shape index (κ3) is 3.65. The van der Waals surface area contributed by atoms with Crippen LogP contribution in [0.5, 0.6) is 0 Å². The molecule has 0 spiro atoms. The normalized spacial score (nSPS) is 20.3. The molecule has 2 aliphatic heterocycles. The fourth-order valence-electron chi connectivity index (χ4n) is 4.59. The van der Waals surface area contributed by atoms with Gasteiger partial charge in [0, 0.05) is 18.5 Å². The van der Waals surface area contributed by atoms with Crippen LogP contribution in [0.25, 0.3) is 0 Å². The van der Waals surface area contributed by atoms with Gasteiger partial charge in [0.15, 0.2) is 0 Å². The lowest BCUT2D eigenvalue weighted by atomic mass is 9.90. The molecule has 1 aliphatic carbocycles. The van der Waals surface area contributed by atoms with Gasteiger partial charge in [-0.3, -0.25) is 9.59 Å². The van der Waals surface area contributed by atoms with Gasteiger partial charge < -0.3 is 20.3 Å². The van der Waals surface area contributed by atoms with E-state index in [0.717, 1.165) is 44.4 Å².